The van der Waals surface area contributed by atoms with Crippen LogP contribution in [0.5, 0.6) is 0 Å². The Morgan fingerprint density at radius 2 is 2.00 bits per heavy atom. The van der Waals surface area contributed by atoms with Crippen LogP contribution in [0.4, 0.5) is 0 Å². The van der Waals surface area contributed by atoms with E-state index >= 15 is 0 Å². The van der Waals surface area contributed by atoms with Crippen molar-refractivity contribution in [3.8, 4) is 5.97 Å². The van der Waals surface area contributed by atoms with Gasteiger partial charge in [-0.3, -0.25) is 0 Å². The zero-order valence-corrected chi connectivity index (χ0v) is 2.10. The Hall–Kier alpha value is 0.515. The normalized spacial score (nSPS) is 3.20. The first-order chi connectivity index (χ1) is 1.91. The maximum atomic E-state index is 7.51. The van der Waals surface area contributed by atoms with Crippen molar-refractivity contribution >= 4 is 37.0 Å². The van der Waals surface area contributed by atoms with E-state index in [1.165, 1.54) is 5.97 Å². The Labute approximate surface area is 53.4 Å². The van der Waals surface area contributed by atoms with Gasteiger partial charge in [0, 0.05) is 5.97 Å². The topological polar surface area (TPSA) is 44.0 Å². The van der Waals surface area contributed by atoms with E-state index in [2.05, 4.69) is 0 Å². The number of hydrogen-bond acceptors (Lipinski definition) is 2. The van der Waals surface area contributed by atoms with Crippen LogP contribution >= 0.6 is 0 Å². The molecule has 0 aromatic heterocycles. The van der Waals surface area contributed by atoms with Gasteiger partial charge in [-0.05, 0) is 0 Å². The molecule has 22 valence electrons. The summed E-state index contributed by atoms with van der Waals surface area (Å²) in [4.78, 5) is 0. The summed E-state index contributed by atoms with van der Waals surface area (Å²) in [7, 11) is -0.375. The molecular weight excluding hydrogens is 75.8 g/mol. The van der Waals surface area contributed by atoms with Gasteiger partial charge in [-0.1, -0.05) is 0 Å². The van der Waals surface area contributed by atoms with Crippen LogP contribution in [0.1, 0.15) is 0 Å². The zero-order valence-electron chi connectivity index (χ0n) is 2.10. The molecule has 0 heterocycles. The van der Waals surface area contributed by atoms with E-state index in [1.54, 1.807) is 0 Å². The van der Waals surface area contributed by atoms with E-state index in [0.717, 1.165) is 0 Å². The molecule has 0 aliphatic heterocycles. The molecule has 0 aromatic rings. The molecule has 0 aliphatic carbocycles. The molecule has 0 unspecified atom stereocenters. The van der Waals surface area contributed by atoms with E-state index < -0.39 is 0 Å². The summed E-state index contributed by atoms with van der Waals surface area (Å²) in [5.74, 6) is 1.49. The Bertz CT molecular complexity index is 41.4. The van der Waals surface area contributed by atoms with Crippen molar-refractivity contribution in [1.29, 1.82) is 5.26 Å². The third-order valence-corrected chi connectivity index (χ3v) is 0.0707. The first kappa shape index (κ1) is 9.10. The second-order valence-corrected chi connectivity index (χ2v) is 0.316. The van der Waals surface area contributed by atoms with Crippen LogP contribution in [0.2, 0.25) is 0 Å². The number of rotatable bonds is 0. The average Bonchev–Trinajstić information content (AvgIpc) is 1.37. The number of nitrogens with zero attached hydrogens (tertiary/aromatic N) is 1. The van der Waals surface area contributed by atoms with Crippen LogP contribution in [0.25, 0.3) is 0 Å². The van der Waals surface area contributed by atoms with Crippen LogP contribution in [-0.4, -0.2) is 42.1 Å². The van der Waals surface area contributed by atoms with Gasteiger partial charge in [0.25, 0.3) is 0 Å². The Kier molecular flexibility index (Phi) is 16.0. The van der Waals surface area contributed by atoms with Gasteiger partial charge in [0.1, 0.15) is 0 Å². The monoisotopic (exact) mass is 79.0 g/mol. The quantitative estimate of drug-likeness (QED) is 0.347. The Morgan fingerprint density at radius 1 is 1.80 bits per heavy atom. The molecule has 0 amide bonds. The SMILES string of the molecule is N#CBO.[NaH]. The number of hydrogen-bond donors (Lipinski definition) is 1. The third-order valence-electron chi connectivity index (χ3n) is 0.0707. The minimum absolute atomic E-state index is 0. The van der Waals surface area contributed by atoms with Gasteiger partial charge in [0.05, 0.1) is 0 Å². The van der Waals surface area contributed by atoms with Crippen molar-refractivity contribution in [3.63, 3.8) is 0 Å². The standard InChI is InChI=1S/CH2BNO.Na.H/c3-1-2-4;;/h2,4H;;. The molecule has 0 radical (unpaired) electrons. The second kappa shape index (κ2) is 8.82. The van der Waals surface area contributed by atoms with Crippen molar-refractivity contribution in [2.45, 2.75) is 0 Å². The summed E-state index contributed by atoms with van der Waals surface area (Å²) in [5, 5.41) is 14.9. The number of nitriles is 1. The molecule has 0 aromatic carbocycles. The fourth-order valence-electron chi connectivity index (χ4n) is 0. The van der Waals surface area contributed by atoms with E-state index in [0.29, 0.717) is 0 Å². The van der Waals surface area contributed by atoms with Gasteiger partial charge < -0.3 is 5.02 Å². The summed E-state index contributed by atoms with van der Waals surface area (Å²) < 4.78 is 0. The summed E-state index contributed by atoms with van der Waals surface area (Å²) in [6, 6.07) is 0. The molecule has 5 heavy (non-hydrogen) atoms. The molecule has 0 spiro atoms. The zero-order chi connectivity index (χ0) is 3.41. The van der Waals surface area contributed by atoms with Crippen molar-refractivity contribution in [2.75, 3.05) is 0 Å². The van der Waals surface area contributed by atoms with Crippen LogP contribution in [0.3, 0.4) is 0 Å². The molecule has 0 aliphatic rings. The predicted octanol–water partition coefficient (Wildman–Crippen LogP) is -1.84. The molecule has 0 fully saturated rings. The van der Waals surface area contributed by atoms with E-state index in [-0.39, 0.29) is 37.0 Å². The van der Waals surface area contributed by atoms with Crippen molar-refractivity contribution in [2.24, 2.45) is 0 Å². The van der Waals surface area contributed by atoms with Crippen LogP contribution in [0.15, 0.2) is 0 Å². The molecule has 0 atom stereocenters. The molecule has 0 saturated heterocycles. The summed E-state index contributed by atoms with van der Waals surface area (Å²) in [5.41, 5.74) is 0. The van der Waals surface area contributed by atoms with Gasteiger partial charge in [-0.25, -0.2) is 5.26 Å². The maximum absolute atomic E-state index is 7.51. The molecular formula is CH3BNNaO. The summed E-state index contributed by atoms with van der Waals surface area (Å²) >= 11 is 0. The summed E-state index contributed by atoms with van der Waals surface area (Å²) in [6.07, 6.45) is 0. The molecule has 0 bridgehead atoms. The van der Waals surface area contributed by atoms with Crippen molar-refractivity contribution < 1.29 is 5.02 Å². The first-order valence-electron chi connectivity index (χ1n) is 0.893. The van der Waals surface area contributed by atoms with Gasteiger partial charge in [0.2, 0.25) is 0 Å². The van der Waals surface area contributed by atoms with Crippen molar-refractivity contribution in [3.05, 3.63) is 0 Å². The fraction of sp³-hybridized carbons (Fsp3) is 0. The van der Waals surface area contributed by atoms with Gasteiger partial charge >= 0.3 is 37.0 Å². The molecule has 0 rings (SSSR count). The van der Waals surface area contributed by atoms with Crippen LogP contribution in [0, 0.1) is 11.2 Å². The van der Waals surface area contributed by atoms with Gasteiger partial charge in [-0.15, -0.1) is 0 Å². The molecule has 2 nitrogen and oxygen atoms in total. The van der Waals surface area contributed by atoms with Crippen molar-refractivity contribution in [1.82, 2.24) is 0 Å². The van der Waals surface area contributed by atoms with E-state index in [1.807, 2.05) is 0 Å². The Balaban J connectivity index is 0. The fourth-order valence-corrected chi connectivity index (χ4v) is 0. The predicted molar refractivity (Wildman–Crippen MR) is 22.1 cm³/mol. The summed E-state index contributed by atoms with van der Waals surface area (Å²) in [6.45, 7) is 0. The molecule has 0 saturated carbocycles. The minimum atomic E-state index is -0.375. The molecule has 4 heteroatoms. The van der Waals surface area contributed by atoms with Crippen LogP contribution in [-0.2, 0) is 0 Å². The Morgan fingerprint density at radius 3 is 2.00 bits per heavy atom. The van der Waals surface area contributed by atoms with Gasteiger partial charge in [0.15, 0.2) is 0 Å². The van der Waals surface area contributed by atoms with Gasteiger partial charge in [-0.2, -0.15) is 0 Å². The second-order valence-electron chi connectivity index (χ2n) is 0.316. The van der Waals surface area contributed by atoms with E-state index in [4.69, 9.17) is 10.3 Å². The molecule has 1 N–H and O–H groups in total. The first-order valence-corrected chi connectivity index (χ1v) is 0.893. The van der Waals surface area contributed by atoms with Crippen LogP contribution < -0.4 is 0 Å². The third kappa shape index (κ3) is 12.4. The van der Waals surface area contributed by atoms with E-state index in [9.17, 15) is 0 Å². The average molecular weight is 78.8 g/mol.